The average molecular weight is 566 g/mol. The van der Waals surface area contributed by atoms with Gasteiger partial charge in [-0.2, -0.15) is 0 Å². The third kappa shape index (κ3) is 24.5. The number of carbonyl (C=O) groups excluding carboxylic acids is 1. The average Bonchev–Trinajstić information content (AvgIpc) is 2.84. The monoisotopic (exact) mass is 565 g/mol. The van der Waals surface area contributed by atoms with Crippen molar-refractivity contribution in [2.45, 2.75) is 142 Å². The van der Waals surface area contributed by atoms with Crippen molar-refractivity contribution >= 4 is 13.7 Å². The third-order valence-electron chi connectivity index (χ3n) is 6.86. The number of aliphatic hydroxyl groups excluding tert-OH is 1. The summed E-state index contributed by atoms with van der Waals surface area (Å²) >= 11 is 0. The lowest BCUT2D eigenvalue weighted by Crippen LogP contribution is -2.46. The van der Waals surface area contributed by atoms with Gasteiger partial charge in [0.15, 0.2) is 0 Å². The maximum Gasteiger partial charge on any atom is 0.472 e. The van der Waals surface area contributed by atoms with Gasteiger partial charge in [0, 0.05) is 6.42 Å². The number of aliphatic hydroxyl groups is 1. The molecule has 0 saturated heterocycles. The van der Waals surface area contributed by atoms with Crippen molar-refractivity contribution in [1.82, 2.24) is 5.32 Å². The molecule has 0 spiro atoms. The lowest BCUT2D eigenvalue weighted by atomic mass is 10.0. The van der Waals surface area contributed by atoms with Gasteiger partial charge in [0.2, 0.25) is 5.91 Å². The van der Waals surface area contributed by atoms with Crippen LogP contribution in [0.3, 0.4) is 0 Å². The molecule has 0 aromatic rings. The van der Waals surface area contributed by atoms with Gasteiger partial charge in [-0.15, -0.1) is 0 Å². The van der Waals surface area contributed by atoms with Crippen molar-refractivity contribution < 1.29 is 32.9 Å². The number of hydrogen-bond donors (Lipinski definition) is 3. The second kappa shape index (κ2) is 23.2. The molecule has 0 rings (SSSR count). The molecule has 0 radical (unpaired) electrons. The highest BCUT2D eigenvalue weighted by atomic mass is 31.2. The maximum atomic E-state index is 12.5. The minimum atomic E-state index is -4.28. The molecule has 38 heavy (non-hydrogen) atoms. The van der Waals surface area contributed by atoms with Crippen LogP contribution in [0.5, 0.6) is 0 Å². The normalized spacial score (nSPS) is 15.2. The molecule has 0 aromatic carbocycles. The Kier molecular flexibility index (Phi) is 22.9. The molecule has 3 N–H and O–H groups in total. The van der Waals surface area contributed by atoms with Crippen LogP contribution in [-0.2, 0) is 18.4 Å². The number of carbonyl (C=O) groups is 1. The Hall–Kier alpha value is -0.500. The van der Waals surface area contributed by atoms with Gasteiger partial charge < -0.3 is 19.8 Å². The molecule has 1 amide bonds. The largest absolute Gasteiger partial charge is 0.472 e. The molecule has 0 saturated carbocycles. The summed E-state index contributed by atoms with van der Waals surface area (Å²) < 4.78 is 23.2. The Morgan fingerprint density at radius 1 is 0.789 bits per heavy atom. The summed E-state index contributed by atoms with van der Waals surface area (Å²) in [6.07, 6.45) is 18.8. The zero-order valence-corrected chi connectivity index (χ0v) is 26.3. The number of rotatable bonds is 27. The molecule has 0 fully saturated rings. The van der Waals surface area contributed by atoms with Crippen molar-refractivity contribution in [3.8, 4) is 0 Å². The molecule has 0 bridgehead atoms. The van der Waals surface area contributed by atoms with Crippen molar-refractivity contribution in [3.63, 3.8) is 0 Å². The highest BCUT2D eigenvalue weighted by Crippen LogP contribution is 2.43. The summed E-state index contributed by atoms with van der Waals surface area (Å²) in [6, 6.07) is -0.746. The number of nitrogens with one attached hydrogen (secondary N) is 1. The van der Waals surface area contributed by atoms with Crippen molar-refractivity contribution in [3.05, 3.63) is 0 Å². The van der Waals surface area contributed by atoms with Gasteiger partial charge in [-0.3, -0.25) is 13.8 Å². The van der Waals surface area contributed by atoms with Crippen LogP contribution in [0.1, 0.15) is 129 Å². The number of phosphoric ester groups is 1. The predicted molar refractivity (Wildman–Crippen MR) is 157 cm³/mol. The fraction of sp³-hybridized carbons (Fsp3) is 0.966. The van der Waals surface area contributed by atoms with Crippen molar-refractivity contribution in [1.29, 1.82) is 0 Å². The van der Waals surface area contributed by atoms with Gasteiger partial charge in [0.05, 0.1) is 39.9 Å². The van der Waals surface area contributed by atoms with Crippen LogP contribution in [0.2, 0.25) is 0 Å². The number of unbranched alkanes of at least 4 members (excludes halogenated alkanes) is 14. The first kappa shape index (κ1) is 37.5. The lowest BCUT2D eigenvalue weighted by Gasteiger charge is -2.26. The van der Waals surface area contributed by atoms with E-state index in [1.165, 1.54) is 57.8 Å². The summed E-state index contributed by atoms with van der Waals surface area (Å²) in [7, 11) is 1.61. The van der Waals surface area contributed by atoms with Crippen LogP contribution in [0.15, 0.2) is 0 Å². The zero-order chi connectivity index (χ0) is 28.7. The van der Waals surface area contributed by atoms with Crippen LogP contribution < -0.4 is 5.32 Å². The molecule has 0 aromatic heterocycles. The van der Waals surface area contributed by atoms with Crippen molar-refractivity contribution in [2.75, 3.05) is 40.9 Å². The number of nitrogens with zero attached hydrogens (tertiary/aromatic N) is 1. The quantitative estimate of drug-likeness (QED) is 0.0579. The Labute approximate surface area is 234 Å². The first-order chi connectivity index (χ1) is 18.0. The number of hydrogen-bond acceptors (Lipinski definition) is 5. The standard InChI is InChI=1S/C29H61N2O6P/c1-6-8-10-12-13-14-15-16-17-18-19-20-22-28(32)27(30-29(33)23-21-11-9-7-2)26-37-38(34,35)36-25-24-31(3,4)5/h27-28,32H,6-26H2,1-5H3,(H-,30,33,34,35)/p+1. The van der Waals surface area contributed by atoms with Crippen molar-refractivity contribution in [2.24, 2.45) is 0 Å². The summed E-state index contributed by atoms with van der Waals surface area (Å²) in [6.45, 7) is 4.73. The van der Waals surface area contributed by atoms with E-state index in [0.29, 0.717) is 23.9 Å². The summed E-state index contributed by atoms with van der Waals surface area (Å²) in [4.78, 5) is 22.5. The highest BCUT2D eigenvalue weighted by molar-refractivity contribution is 7.47. The fourth-order valence-electron chi connectivity index (χ4n) is 4.28. The Morgan fingerprint density at radius 2 is 1.26 bits per heavy atom. The number of quaternary nitrogens is 1. The van der Waals surface area contributed by atoms with E-state index in [0.717, 1.165) is 44.9 Å². The Morgan fingerprint density at radius 3 is 1.76 bits per heavy atom. The predicted octanol–water partition coefficient (Wildman–Crippen LogP) is 6.73. The first-order valence-corrected chi connectivity index (χ1v) is 16.9. The molecule has 0 aliphatic carbocycles. The van der Waals surface area contributed by atoms with Gasteiger partial charge in [-0.1, -0.05) is 110 Å². The smallest absolute Gasteiger partial charge is 0.391 e. The van der Waals surface area contributed by atoms with Gasteiger partial charge in [0.25, 0.3) is 0 Å². The second-order valence-corrected chi connectivity index (χ2v) is 13.3. The van der Waals surface area contributed by atoms with Gasteiger partial charge >= 0.3 is 7.82 Å². The molecule has 9 heteroatoms. The number of likely N-dealkylation sites (N-methyl/N-ethyl adjacent to an activating group) is 1. The highest BCUT2D eigenvalue weighted by Gasteiger charge is 2.28. The van der Waals surface area contributed by atoms with E-state index < -0.39 is 20.0 Å². The third-order valence-corrected chi connectivity index (χ3v) is 7.84. The van der Waals surface area contributed by atoms with Crippen LogP contribution in [0.4, 0.5) is 0 Å². The number of phosphoric acid groups is 1. The maximum absolute atomic E-state index is 12.5. The minimum absolute atomic E-state index is 0.0765. The van der Waals surface area contributed by atoms with E-state index in [1.807, 2.05) is 21.1 Å². The summed E-state index contributed by atoms with van der Waals surface area (Å²) in [5.74, 6) is -0.165. The summed E-state index contributed by atoms with van der Waals surface area (Å²) in [5.41, 5.74) is 0. The first-order valence-electron chi connectivity index (χ1n) is 15.4. The van der Waals surface area contributed by atoms with E-state index in [1.54, 1.807) is 0 Å². The van der Waals surface area contributed by atoms with Gasteiger partial charge in [-0.05, 0) is 12.8 Å². The molecular weight excluding hydrogens is 503 g/mol. The number of amides is 1. The second-order valence-electron chi connectivity index (χ2n) is 11.8. The molecule has 0 aliphatic heterocycles. The van der Waals surface area contributed by atoms with Crippen LogP contribution in [-0.4, -0.2) is 73.4 Å². The fourth-order valence-corrected chi connectivity index (χ4v) is 5.01. The lowest BCUT2D eigenvalue weighted by molar-refractivity contribution is -0.870. The molecule has 3 atom stereocenters. The van der Waals surface area contributed by atoms with E-state index in [4.69, 9.17) is 9.05 Å². The molecule has 3 unspecified atom stereocenters. The molecule has 8 nitrogen and oxygen atoms in total. The van der Waals surface area contributed by atoms with E-state index in [2.05, 4.69) is 19.2 Å². The summed E-state index contributed by atoms with van der Waals surface area (Å²) in [5, 5.41) is 13.6. The van der Waals surface area contributed by atoms with E-state index in [-0.39, 0.29) is 19.1 Å². The molecular formula is C29H62N2O6P+. The van der Waals surface area contributed by atoms with E-state index in [9.17, 15) is 19.4 Å². The molecule has 228 valence electrons. The molecule has 0 aliphatic rings. The van der Waals surface area contributed by atoms with Gasteiger partial charge in [0.1, 0.15) is 13.2 Å². The Bertz CT molecular complexity index is 614. The minimum Gasteiger partial charge on any atom is -0.391 e. The van der Waals surface area contributed by atoms with Gasteiger partial charge in [-0.25, -0.2) is 4.57 Å². The topological polar surface area (TPSA) is 105 Å². The SMILES string of the molecule is CCCCCCCCCCCCCCC(O)C(COP(=O)(O)OCC[N+](C)(C)C)NC(=O)CCCCCC. The molecule has 0 heterocycles. The zero-order valence-electron chi connectivity index (χ0n) is 25.4. The van der Waals surface area contributed by atoms with Crippen LogP contribution in [0, 0.1) is 0 Å². The van der Waals surface area contributed by atoms with E-state index >= 15 is 0 Å². The Balaban J connectivity index is 4.45. The van der Waals surface area contributed by atoms with Crippen LogP contribution in [0.25, 0.3) is 0 Å². The van der Waals surface area contributed by atoms with Crippen LogP contribution >= 0.6 is 7.82 Å².